The molecule has 0 spiro atoms. The largest absolute Gasteiger partial charge is 0.368 e. The van der Waals surface area contributed by atoms with Crippen molar-refractivity contribution >= 4 is 52.5 Å². The van der Waals surface area contributed by atoms with Gasteiger partial charge in [0.1, 0.15) is 0 Å². The zero-order chi connectivity index (χ0) is 22.6. The lowest BCUT2D eigenvalue weighted by atomic mass is 9.94. The van der Waals surface area contributed by atoms with E-state index in [4.69, 9.17) is 23.2 Å². The average Bonchev–Trinajstić information content (AvgIpc) is 2.72. The Balaban J connectivity index is 1.54. The number of amides is 2. The first-order valence-corrected chi connectivity index (χ1v) is 11.0. The van der Waals surface area contributed by atoms with Gasteiger partial charge in [0.2, 0.25) is 11.8 Å². The van der Waals surface area contributed by atoms with Gasteiger partial charge in [0.25, 0.3) is 0 Å². The highest BCUT2D eigenvalue weighted by atomic mass is 35.5. The van der Waals surface area contributed by atoms with Crippen molar-refractivity contribution in [1.82, 2.24) is 4.90 Å². The second kappa shape index (κ2) is 9.75. The fourth-order valence-corrected chi connectivity index (χ4v) is 3.86. The fourth-order valence-electron chi connectivity index (χ4n) is 3.38. The highest BCUT2D eigenvalue weighted by Gasteiger charge is 2.29. The number of piperazine rings is 1. The Morgan fingerprint density at radius 2 is 1.61 bits per heavy atom. The minimum absolute atomic E-state index is 0.193. The van der Waals surface area contributed by atoms with Crippen LogP contribution >= 0.6 is 23.2 Å². The van der Waals surface area contributed by atoms with E-state index in [-0.39, 0.29) is 17.2 Å². The number of anilines is 2. The molecule has 7 heteroatoms. The first kappa shape index (κ1) is 23.2. The molecule has 31 heavy (non-hydrogen) atoms. The van der Waals surface area contributed by atoms with E-state index in [9.17, 15) is 9.59 Å². The number of hydrogen-bond acceptors (Lipinski definition) is 3. The normalized spacial score (nSPS) is 14.7. The Morgan fingerprint density at radius 1 is 0.968 bits per heavy atom. The van der Waals surface area contributed by atoms with Crippen LogP contribution in [0.3, 0.4) is 0 Å². The number of rotatable bonds is 4. The predicted octanol–water partition coefficient (Wildman–Crippen LogP) is 5.34. The molecular formula is C24H27Cl2N3O2. The summed E-state index contributed by atoms with van der Waals surface area (Å²) in [6.07, 6.45) is 3.09. The van der Waals surface area contributed by atoms with Gasteiger partial charge in [-0.05, 0) is 48.0 Å². The number of carbonyl (C=O) groups excluding carboxylic acids is 2. The van der Waals surface area contributed by atoms with Gasteiger partial charge in [-0.15, -0.1) is 0 Å². The lowest BCUT2D eigenvalue weighted by Gasteiger charge is -2.38. The summed E-state index contributed by atoms with van der Waals surface area (Å²) in [6.45, 7) is 8.87. The molecule has 2 aromatic carbocycles. The van der Waals surface area contributed by atoms with Crippen LogP contribution in [0.25, 0.3) is 6.08 Å². The molecule has 1 fully saturated rings. The summed E-state index contributed by atoms with van der Waals surface area (Å²) in [5, 5.41) is 3.89. The number of carbonyl (C=O) groups is 2. The molecule has 5 nitrogen and oxygen atoms in total. The monoisotopic (exact) mass is 459 g/mol. The van der Waals surface area contributed by atoms with E-state index in [1.807, 2.05) is 49.9 Å². The Kier molecular flexibility index (Phi) is 7.29. The fraction of sp³-hybridized carbons (Fsp3) is 0.333. The Labute approximate surface area is 193 Å². The van der Waals surface area contributed by atoms with Crippen LogP contribution in [0.5, 0.6) is 0 Å². The van der Waals surface area contributed by atoms with Crippen molar-refractivity contribution in [2.45, 2.75) is 20.8 Å². The Bertz CT molecular complexity index is 973. The molecule has 0 bridgehead atoms. The van der Waals surface area contributed by atoms with Crippen LogP contribution in [-0.2, 0) is 9.59 Å². The van der Waals surface area contributed by atoms with Gasteiger partial charge in [0.05, 0.1) is 0 Å². The minimum Gasteiger partial charge on any atom is -0.368 e. The molecule has 0 atom stereocenters. The van der Waals surface area contributed by atoms with Crippen molar-refractivity contribution in [1.29, 1.82) is 0 Å². The maximum Gasteiger partial charge on any atom is 0.248 e. The Hall–Kier alpha value is -2.50. The molecule has 0 saturated carbocycles. The van der Waals surface area contributed by atoms with E-state index >= 15 is 0 Å². The summed E-state index contributed by atoms with van der Waals surface area (Å²) in [7, 11) is 0. The Morgan fingerprint density at radius 3 is 2.19 bits per heavy atom. The zero-order valence-corrected chi connectivity index (χ0v) is 19.5. The molecule has 3 rings (SSSR count). The summed E-state index contributed by atoms with van der Waals surface area (Å²) < 4.78 is 0. The number of halogens is 2. The molecule has 2 aromatic rings. The van der Waals surface area contributed by atoms with Crippen LogP contribution in [0.1, 0.15) is 26.3 Å². The van der Waals surface area contributed by atoms with E-state index < -0.39 is 0 Å². The molecule has 0 unspecified atom stereocenters. The molecular weight excluding hydrogens is 433 g/mol. The van der Waals surface area contributed by atoms with E-state index in [1.165, 1.54) is 6.08 Å². The standard InChI is InChI=1S/C24H27Cl2N3O2/c1-24(2,3)23(31)29-14-12-28(13-15-29)20-9-7-19(8-10-20)27-22(30)11-5-17-4-6-18(25)16-21(17)26/h4-11,16H,12-15H2,1-3H3,(H,27,30)/b11-5+. The average molecular weight is 460 g/mol. The number of benzene rings is 2. The van der Waals surface area contributed by atoms with E-state index in [2.05, 4.69) is 10.2 Å². The molecule has 2 amide bonds. The summed E-state index contributed by atoms with van der Waals surface area (Å²) >= 11 is 12.0. The van der Waals surface area contributed by atoms with Gasteiger partial charge >= 0.3 is 0 Å². The molecule has 1 aliphatic rings. The van der Waals surface area contributed by atoms with E-state index in [0.717, 1.165) is 24.3 Å². The number of nitrogens with one attached hydrogen (secondary N) is 1. The van der Waals surface area contributed by atoms with Crippen LogP contribution in [0.4, 0.5) is 11.4 Å². The van der Waals surface area contributed by atoms with Crippen molar-refractivity contribution in [2.75, 3.05) is 36.4 Å². The maximum atomic E-state index is 12.4. The third kappa shape index (κ3) is 6.25. The highest BCUT2D eigenvalue weighted by Crippen LogP contribution is 2.24. The first-order chi connectivity index (χ1) is 14.6. The topological polar surface area (TPSA) is 52.7 Å². The highest BCUT2D eigenvalue weighted by molar-refractivity contribution is 6.35. The molecule has 0 radical (unpaired) electrons. The van der Waals surface area contributed by atoms with E-state index in [0.29, 0.717) is 28.8 Å². The maximum absolute atomic E-state index is 12.4. The smallest absolute Gasteiger partial charge is 0.248 e. The lowest BCUT2D eigenvalue weighted by molar-refractivity contribution is -0.139. The van der Waals surface area contributed by atoms with Crippen LogP contribution in [0, 0.1) is 5.41 Å². The van der Waals surface area contributed by atoms with Gasteiger partial charge in [-0.1, -0.05) is 50.0 Å². The van der Waals surface area contributed by atoms with Crippen LogP contribution in [0.15, 0.2) is 48.5 Å². The van der Waals surface area contributed by atoms with Gasteiger partial charge in [-0.25, -0.2) is 0 Å². The second-order valence-corrected chi connectivity index (χ2v) is 9.41. The second-order valence-electron chi connectivity index (χ2n) is 8.56. The quantitative estimate of drug-likeness (QED) is 0.627. The summed E-state index contributed by atoms with van der Waals surface area (Å²) in [5.41, 5.74) is 2.15. The summed E-state index contributed by atoms with van der Waals surface area (Å²) in [4.78, 5) is 28.8. The molecule has 0 aromatic heterocycles. The van der Waals surface area contributed by atoms with Crippen LogP contribution in [0.2, 0.25) is 10.0 Å². The number of hydrogen-bond donors (Lipinski definition) is 1. The molecule has 164 valence electrons. The van der Waals surface area contributed by atoms with E-state index in [1.54, 1.807) is 24.3 Å². The van der Waals surface area contributed by atoms with Crippen molar-refractivity contribution in [3.8, 4) is 0 Å². The third-order valence-electron chi connectivity index (χ3n) is 5.09. The van der Waals surface area contributed by atoms with Crippen molar-refractivity contribution in [2.24, 2.45) is 5.41 Å². The van der Waals surface area contributed by atoms with Crippen molar-refractivity contribution < 1.29 is 9.59 Å². The van der Waals surface area contributed by atoms with Crippen molar-refractivity contribution in [3.05, 3.63) is 64.1 Å². The van der Waals surface area contributed by atoms with Crippen LogP contribution in [-0.4, -0.2) is 42.9 Å². The van der Waals surface area contributed by atoms with Crippen LogP contribution < -0.4 is 10.2 Å². The van der Waals surface area contributed by atoms with Gasteiger partial charge in [-0.3, -0.25) is 9.59 Å². The summed E-state index contributed by atoms with van der Waals surface area (Å²) in [6, 6.07) is 12.8. The third-order valence-corrected chi connectivity index (χ3v) is 5.65. The molecule has 1 N–H and O–H groups in total. The molecule has 1 saturated heterocycles. The van der Waals surface area contributed by atoms with Gasteiger partial charge < -0.3 is 15.1 Å². The van der Waals surface area contributed by atoms with Gasteiger partial charge in [-0.2, -0.15) is 0 Å². The van der Waals surface area contributed by atoms with Crippen molar-refractivity contribution in [3.63, 3.8) is 0 Å². The molecule has 0 aliphatic carbocycles. The summed E-state index contributed by atoms with van der Waals surface area (Å²) in [5.74, 6) is -0.0498. The SMILES string of the molecule is CC(C)(C)C(=O)N1CCN(c2ccc(NC(=O)/C=C/c3ccc(Cl)cc3Cl)cc2)CC1. The van der Waals surface area contributed by atoms with Gasteiger partial charge in [0, 0.05) is 59.1 Å². The lowest BCUT2D eigenvalue weighted by Crippen LogP contribution is -2.51. The van der Waals surface area contributed by atoms with Gasteiger partial charge in [0.15, 0.2) is 0 Å². The first-order valence-electron chi connectivity index (χ1n) is 10.2. The molecule has 1 aliphatic heterocycles. The minimum atomic E-state index is -0.352. The number of nitrogens with zero attached hydrogens (tertiary/aromatic N) is 2. The zero-order valence-electron chi connectivity index (χ0n) is 18.0. The molecule has 1 heterocycles. The predicted molar refractivity (Wildman–Crippen MR) is 129 cm³/mol.